The summed E-state index contributed by atoms with van der Waals surface area (Å²) in [5.41, 5.74) is 5.35. The normalized spacial score (nSPS) is 14.0. The fraction of sp³-hybridized carbons (Fsp3) is 0.702. The summed E-state index contributed by atoms with van der Waals surface area (Å²) in [5, 5.41) is 0. The molecular weight excluding hydrogens is 737 g/mol. The monoisotopic (exact) mass is 820 g/mol. The zero-order valence-corrected chi connectivity index (χ0v) is 36.9. The first-order chi connectivity index (χ1) is 27.8. The van der Waals surface area contributed by atoms with Crippen LogP contribution in [-0.4, -0.2) is 49.3 Å². The maximum Gasteiger partial charge on any atom is 0.472 e. The molecule has 2 atom stereocenters. The molecule has 0 bridgehead atoms. The third kappa shape index (κ3) is 42.9. The molecule has 9 nitrogen and oxygen atoms in total. The molecule has 0 saturated heterocycles. The summed E-state index contributed by atoms with van der Waals surface area (Å²) in [5.74, 6) is -0.865. The van der Waals surface area contributed by atoms with Gasteiger partial charge in [-0.3, -0.25) is 18.6 Å². The smallest absolute Gasteiger partial charge is 0.462 e. The van der Waals surface area contributed by atoms with Gasteiger partial charge in [-0.1, -0.05) is 157 Å². The van der Waals surface area contributed by atoms with Crippen molar-refractivity contribution in [2.24, 2.45) is 5.73 Å². The van der Waals surface area contributed by atoms with Crippen molar-refractivity contribution >= 4 is 19.8 Å². The number of carbonyl (C=O) groups is 2. The molecule has 0 saturated carbocycles. The van der Waals surface area contributed by atoms with Gasteiger partial charge in [-0.05, 0) is 83.5 Å². The fourth-order valence-electron chi connectivity index (χ4n) is 5.77. The van der Waals surface area contributed by atoms with E-state index < -0.39 is 32.5 Å². The molecule has 0 aliphatic heterocycles. The van der Waals surface area contributed by atoms with Crippen molar-refractivity contribution in [1.82, 2.24) is 0 Å². The van der Waals surface area contributed by atoms with Crippen molar-refractivity contribution in [3.05, 3.63) is 72.9 Å². The van der Waals surface area contributed by atoms with E-state index in [0.29, 0.717) is 6.42 Å². The summed E-state index contributed by atoms with van der Waals surface area (Å²) in [6.45, 7) is 3.55. The number of esters is 2. The molecule has 0 rings (SSSR count). The van der Waals surface area contributed by atoms with Gasteiger partial charge in [0, 0.05) is 19.4 Å². The van der Waals surface area contributed by atoms with E-state index in [4.69, 9.17) is 24.3 Å². The number of rotatable bonds is 41. The minimum Gasteiger partial charge on any atom is -0.462 e. The van der Waals surface area contributed by atoms with E-state index in [-0.39, 0.29) is 32.6 Å². The number of hydrogen-bond acceptors (Lipinski definition) is 8. The van der Waals surface area contributed by atoms with E-state index in [0.717, 1.165) is 89.9 Å². The summed E-state index contributed by atoms with van der Waals surface area (Å²) in [6, 6.07) is 0. The fourth-order valence-corrected chi connectivity index (χ4v) is 6.54. The number of hydrogen-bond donors (Lipinski definition) is 2. The van der Waals surface area contributed by atoms with Gasteiger partial charge < -0.3 is 20.1 Å². The van der Waals surface area contributed by atoms with Crippen LogP contribution in [0.25, 0.3) is 0 Å². The van der Waals surface area contributed by atoms with E-state index in [1.54, 1.807) is 0 Å². The second-order valence-electron chi connectivity index (χ2n) is 14.5. The second kappa shape index (κ2) is 43.0. The molecule has 57 heavy (non-hydrogen) atoms. The molecule has 0 fully saturated rings. The topological polar surface area (TPSA) is 134 Å². The number of phosphoric acid groups is 1. The quantitative estimate of drug-likeness (QED) is 0.0267. The Morgan fingerprint density at radius 1 is 0.544 bits per heavy atom. The Kier molecular flexibility index (Phi) is 41.1. The van der Waals surface area contributed by atoms with Crippen LogP contribution < -0.4 is 5.73 Å². The molecule has 0 aromatic carbocycles. The van der Waals surface area contributed by atoms with Crippen LogP contribution in [0.5, 0.6) is 0 Å². The Hall–Kier alpha value is -2.55. The first-order valence-corrected chi connectivity index (χ1v) is 23.9. The van der Waals surface area contributed by atoms with Crippen molar-refractivity contribution in [3.8, 4) is 0 Å². The minimum atomic E-state index is -4.39. The van der Waals surface area contributed by atoms with Crippen LogP contribution in [0.1, 0.15) is 181 Å². The molecule has 0 aliphatic rings. The highest BCUT2D eigenvalue weighted by Gasteiger charge is 2.26. The Morgan fingerprint density at radius 2 is 0.965 bits per heavy atom. The van der Waals surface area contributed by atoms with Crippen LogP contribution in [0, 0.1) is 0 Å². The lowest BCUT2D eigenvalue weighted by Crippen LogP contribution is -2.29. The molecule has 0 radical (unpaired) electrons. The highest BCUT2D eigenvalue weighted by Crippen LogP contribution is 2.43. The van der Waals surface area contributed by atoms with Gasteiger partial charge in [-0.15, -0.1) is 0 Å². The molecule has 3 N–H and O–H groups in total. The molecule has 0 aliphatic carbocycles. The van der Waals surface area contributed by atoms with Gasteiger partial charge in [-0.2, -0.15) is 0 Å². The summed E-state index contributed by atoms with van der Waals surface area (Å²) in [6.07, 6.45) is 52.1. The van der Waals surface area contributed by atoms with Crippen molar-refractivity contribution in [1.29, 1.82) is 0 Å². The Labute approximate surface area is 348 Å². The van der Waals surface area contributed by atoms with Crippen molar-refractivity contribution in [3.63, 3.8) is 0 Å². The average Bonchev–Trinajstić information content (AvgIpc) is 3.20. The van der Waals surface area contributed by atoms with Crippen molar-refractivity contribution in [2.75, 3.05) is 26.4 Å². The Balaban J connectivity index is 4.18. The Morgan fingerprint density at radius 3 is 1.44 bits per heavy atom. The number of ether oxygens (including phenoxy) is 2. The van der Waals surface area contributed by atoms with E-state index in [1.165, 1.54) is 57.8 Å². The van der Waals surface area contributed by atoms with Crippen LogP contribution in [0.3, 0.4) is 0 Å². The number of allylic oxidation sites excluding steroid dienone is 12. The van der Waals surface area contributed by atoms with E-state index >= 15 is 0 Å². The lowest BCUT2D eigenvalue weighted by atomic mass is 10.1. The van der Waals surface area contributed by atoms with E-state index in [1.807, 2.05) is 0 Å². The lowest BCUT2D eigenvalue weighted by Gasteiger charge is -2.19. The van der Waals surface area contributed by atoms with Crippen molar-refractivity contribution in [2.45, 2.75) is 187 Å². The predicted molar refractivity (Wildman–Crippen MR) is 238 cm³/mol. The van der Waals surface area contributed by atoms with Crippen LogP contribution in [0.15, 0.2) is 72.9 Å². The highest BCUT2D eigenvalue weighted by atomic mass is 31.2. The van der Waals surface area contributed by atoms with Gasteiger partial charge in [0.15, 0.2) is 6.10 Å². The van der Waals surface area contributed by atoms with Gasteiger partial charge >= 0.3 is 19.8 Å². The summed E-state index contributed by atoms with van der Waals surface area (Å²) in [7, 11) is -4.39. The average molecular weight is 820 g/mol. The second-order valence-corrected chi connectivity index (χ2v) is 16.0. The predicted octanol–water partition coefficient (Wildman–Crippen LogP) is 13.1. The van der Waals surface area contributed by atoms with Gasteiger partial charge in [-0.25, -0.2) is 4.57 Å². The maximum atomic E-state index is 12.6. The summed E-state index contributed by atoms with van der Waals surface area (Å²) in [4.78, 5) is 34.9. The maximum absolute atomic E-state index is 12.6. The van der Waals surface area contributed by atoms with Gasteiger partial charge in [0.2, 0.25) is 0 Å². The number of phosphoric ester groups is 1. The summed E-state index contributed by atoms with van der Waals surface area (Å²) < 4.78 is 32.8. The van der Waals surface area contributed by atoms with Gasteiger partial charge in [0.1, 0.15) is 6.61 Å². The summed E-state index contributed by atoms with van der Waals surface area (Å²) >= 11 is 0. The third-order valence-electron chi connectivity index (χ3n) is 9.08. The number of unbranched alkanes of at least 4 members (excludes halogenated alkanes) is 16. The van der Waals surface area contributed by atoms with Gasteiger partial charge in [0.25, 0.3) is 0 Å². The zero-order chi connectivity index (χ0) is 41.8. The van der Waals surface area contributed by atoms with Crippen LogP contribution in [0.2, 0.25) is 0 Å². The largest absolute Gasteiger partial charge is 0.472 e. The van der Waals surface area contributed by atoms with Crippen molar-refractivity contribution < 1.29 is 37.6 Å². The van der Waals surface area contributed by atoms with Crippen LogP contribution in [0.4, 0.5) is 0 Å². The molecule has 328 valence electrons. The van der Waals surface area contributed by atoms with Crippen LogP contribution >= 0.6 is 7.82 Å². The van der Waals surface area contributed by atoms with E-state index in [9.17, 15) is 19.0 Å². The minimum absolute atomic E-state index is 0.0449. The first-order valence-electron chi connectivity index (χ1n) is 22.4. The molecule has 10 heteroatoms. The van der Waals surface area contributed by atoms with Crippen LogP contribution in [-0.2, 0) is 32.7 Å². The molecule has 0 amide bonds. The molecule has 0 heterocycles. The first kappa shape index (κ1) is 54.5. The molecule has 0 spiro atoms. The van der Waals surface area contributed by atoms with Gasteiger partial charge in [0.05, 0.1) is 13.2 Å². The van der Waals surface area contributed by atoms with E-state index in [2.05, 4.69) is 86.8 Å². The highest BCUT2D eigenvalue weighted by molar-refractivity contribution is 7.47. The number of carbonyl (C=O) groups excluding carboxylic acids is 2. The zero-order valence-electron chi connectivity index (χ0n) is 36.0. The number of nitrogens with two attached hydrogens (primary N) is 1. The standard InChI is InChI=1S/C47H82NO8P/c1-3-5-7-9-11-13-15-17-19-21-22-24-25-27-29-31-33-35-37-39-46(49)53-43-45(44-55-57(51,52)54-42-41-48)56-47(50)40-38-36-34-32-30-28-26-23-20-18-16-14-12-10-8-6-4-2/h6,8,11-14,17-20,26,28,45H,3-5,7,9-10,15-16,21-25,27,29-44,48H2,1-2H3,(H,51,52)/b8-6-,13-11-,14-12-,19-17-,20-18-,28-26-. The molecule has 0 aromatic heterocycles. The Bertz CT molecular complexity index is 1160. The lowest BCUT2D eigenvalue weighted by molar-refractivity contribution is -0.161. The molecule has 2 unspecified atom stereocenters. The molecular formula is C47H82NO8P. The third-order valence-corrected chi connectivity index (χ3v) is 10.1. The molecule has 0 aromatic rings. The SMILES string of the molecule is CC/C=C\C/C=C\C/C=C\C/C=C\CCCCCCC(=O)OC(COC(=O)CCCCCCCCCCC/C=C\C/C=C\CCCCC)COP(=O)(O)OCCN.